The quantitative estimate of drug-likeness (QED) is 0.438. The van der Waals surface area contributed by atoms with Crippen LogP contribution in [0.3, 0.4) is 0 Å². The van der Waals surface area contributed by atoms with Crippen molar-refractivity contribution in [2.75, 3.05) is 12.8 Å². The van der Waals surface area contributed by atoms with Crippen molar-refractivity contribution in [1.82, 2.24) is 5.32 Å². The van der Waals surface area contributed by atoms with Gasteiger partial charge in [-0.2, -0.15) is 0 Å². The Hall–Kier alpha value is -2.49. The Morgan fingerprint density at radius 2 is 2.00 bits per heavy atom. The molecule has 10 heteroatoms. The number of amides is 1. The van der Waals surface area contributed by atoms with E-state index in [0.717, 1.165) is 24.5 Å². The van der Waals surface area contributed by atoms with E-state index in [0.29, 0.717) is 13.0 Å². The molecule has 0 radical (unpaired) electrons. The maximum Gasteiger partial charge on any atom is 0.339 e. The van der Waals surface area contributed by atoms with Gasteiger partial charge in [-0.1, -0.05) is 6.92 Å². The normalized spacial score (nSPS) is 12.3. The Balaban J connectivity index is 3.02. The van der Waals surface area contributed by atoms with Gasteiger partial charge in [0.2, 0.25) is 0 Å². The Morgan fingerprint density at radius 3 is 2.50 bits per heavy atom. The van der Waals surface area contributed by atoms with Gasteiger partial charge in [0.15, 0.2) is 15.9 Å². The van der Waals surface area contributed by atoms with Crippen LogP contribution in [0.2, 0.25) is 0 Å². The molecule has 0 unspecified atom stereocenters. The summed E-state index contributed by atoms with van der Waals surface area (Å²) in [4.78, 5) is 33.3. The zero-order valence-electron chi connectivity index (χ0n) is 13.4. The van der Waals surface area contributed by atoms with E-state index >= 15 is 0 Å². The molecular formula is C14H18N2O7S. The summed E-state index contributed by atoms with van der Waals surface area (Å²) >= 11 is 0. The van der Waals surface area contributed by atoms with E-state index in [9.17, 15) is 28.1 Å². The number of nitro groups is 1. The van der Waals surface area contributed by atoms with Crippen LogP contribution in [0.4, 0.5) is 5.69 Å². The van der Waals surface area contributed by atoms with Crippen LogP contribution in [0.15, 0.2) is 23.1 Å². The molecule has 0 aliphatic rings. The number of nitro benzene ring substituents is 1. The average molecular weight is 358 g/mol. The fraction of sp³-hybridized carbons (Fsp3) is 0.429. The molecule has 0 aliphatic heterocycles. The first-order valence-corrected chi connectivity index (χ1v) is 8.94. The number of esters is 1. The van der Waals surface area contributed by atoms with E-state index in [-0.39, 0.29) is 5.56 Å². The smallest absolute Gasteiger partial charge is 0.339 e. The van der Waals surface area contributed by atoms with Crippen molar-refractivity contribution in [2.45, 2.75) is 31.3 Å². The highest BCUT2D eigenvalue weighted by atomic mass is 32.2. The monoisotopic (exact) mass is 358 g/mol. The van der Waals surface area contributed by atoms with Crippen molar-refractivity contribution in [2.24, 2.45) is 0 Å². The first kappa shape index (κ1) is 19.6. The number of ether oxygens (including phenoxy) is 1. The maximum absolute atomic E-state index is 12.0. The molecule has 132 valence electrons. The third kappa shape index (κ3) is 5.01. The van der Waals surface area contributed by atoms with Crippen LogP contribution in [-0.2, 0) is 19.4 Å². The Bertz CT molecular complexity index is 758. The molecule has 1 atom stereocenters. The summed E-state index contributed by atoms with van der Waals surface area (Å²) in [5.41, 5.74) is -0.945. The van der Waals surface area contributed by atoms with Crippen LogP contribution in [0, 0.1) is 10.1 Å². The van der Waals surface area contributed by atoms with Gasteiger partial charge in [0.25, 0.3) is 11.6 Å². The van der Waals surface area contributed by atoms with Gasteiger partial charge in [-0.15, -0.1) is 0 Å². The van der Waals surface area contributed by atoms with Crippen LogP contribution in [-0.4, -0.2) is 44.1 Å². The highest BCUT2D eigenvalue weighted by Gasteiger charge is 2.25. The van der Waals surface area contributed by atoms with Gasteiger partial charge < -0.3 is 10.1 Å². The molecule has 0 saturated heterocycles. The number of benzene rings is 1. The number of rotatable bonds is 7. The molecule has 1 amide bonds. The summed E-state index contributed by atoms with van der Waals surface area (Å²) in [5, 5.41) is 13.6. The zero-order valence-corrected chi connectivity index (χ0v) is 14.3. The molecule has 0 aromatic heterocycles. The van der Waals surface area contributed by atoms with Gasteiger partial charge in [0, 0.05) is 18.9 Å². The van der Waals surface area contributed by atoms with Gasteiger partial charge in [0.1, 0.15) is 4.90 Å². The molecule has 0 heterocycles. The molecule has 1 aromatic carbocycles. The number of carbonyl (C=O) groups is 2. The second-order valence-corrected chi connectivity index (χ2v) is 7.03. The Labute approximate surface area is 139 Å². The minimum Gasteiger partial charge on any atom is -0.449 e. The molecule has 1 rings (SSSR count). The predicted octanol–water partition coefficient (Wildman–Crippen LogP) is 1.07. The molecule has 0 saturated carbocycles. The molecule has 0 fully saturated rings. The topological polar surface area (TPSA) is 133 Å². The first-order chi connectivity index (χ1) is 11.1. The second-order valence-electron chi connectivity index (χ2n) is 5.05. The lowest BCUT2D eigenvalue weighted by atomic mass is 10.2. The van der Waals surface area contributed by atoms with Crippen LogP contribution >= 0.6 is 0 Å². The minimum absolute atomic E-state index is 0.218. The van der Waals surface area contributed by atoms with Gasteiger partial charge in [-0.25, -0.2) is 13.2 Å². The fourth-order valence-electron chi connectivity index (χ4n) is 1.77. The van der Waals surface area contributed by atoms with Crippen LogP contribution in [0.1, 0.15) is 30.6 Å². The molecule has 0 spiro atoms. The first-order valence-electron chi connectivity index (χ1n) is 7.05. The van der Waals surface area contributed by atoms with Gasteiger partial charge in [0.05, 0.1) is 10.5 Å². The molecule has 1 aromatic rings. The standard InChI is InChI=1S/C14H18N2O7S/c1-4-7-15-13(17)9(2)23-14(18)10-5-6-12(24(3,21)22)11(8-10)16(19)20/h5-6,8-9H,4,7H2,1-3H3,(H,15,17)/t9-/m1/s1. The summed E-state index contributed by atoms with van der Waals surface area (Å²) in [7, 11) is -3.83. The average Bonchev–Trinajstić information content (AvgIpc) is 2.50. The number of hydrogen-bond donors (Lipinski definition) is 1. The van der Waals surface area contributed by atoms with Crippen LogP contribution in [0.25, 0.3) is 0 Å². The second kappa shape index (κ2) is 7.86. The Kier molecular flexibility index (Phi) is 6.41. The van der Waals surface area contributed by atoms with Crippen LogP contribution < -0.4 is 5.32 Å². The van der Waals surface area contributed by atoms with Crippen molar-refractivity contribution >= 4 is 27.4 Å². The number of sulfone groups is 1. The predicted molar refractivity (Wildman–Crippen MR) is 84.4 cm³/mol. The van der Waals surface area contributed by atoms with E-state index in [1.54, 1.807) is 0 Å². The minimum atomic E-state index is -3.83. The number of nitrogens with zero attached hydrogens (tertiary/aromatic N) is 1. The molecule has 0 aliphatic carbocycles. The third-order valence-electron chi connectivity index (χ3n) is 2.99. The van der Waals surface area contributed by atoms with Crippen LogP contribution in [0.5, 0.6) is 0 Å². The van der Waals surface area contributed by atoms with Crippen molar-refractivity contribution in [3.8, 4) is 0 Å². The van der Waals surface area contributed by atoms with Gasteiger partial charge in [-0.05, 0) is 25.5 Å². The highest BCUT2D eigenvalue weighted by Crippen LogP contribution is 2.25. The summed E-state index contributed by atoms with van der Waals surface area (Å²) < 4.78 is 28.0. The SMILES string of the molecule is CCCNC(=O)[C@@H](C)OC(=O)c1ccc(S(C)(=O)=O)c([N+](=O)[O-])c1. The number of carbonyl (C=O) groups excluding carboxylic acids is 2. The maximum atomic E-state index is 12.0. The summed E-state index contributed by atoms with van der Waals surface area (Å²) in [6, 6.07) is 2.88. The van der Waals surface area contributed by atoms with Crippen molar-refractivity contribution < 1.29 is 27.7 Å². The van der Waals surface area contributed by atoms with Crippen molar-refractivity contribution in [3.63, 3.8) is 0 Å². The fourth-order valence-corrected chi connectivity index (χ4v) is 2.60. The molecule has 24 heavy (non-hydrogen) atoms. The highest BCUT2D eigenvalue weighted by molar-refractivity contribution is 7.90. The van der Waals surface area contributed by atoms with E-state index in [1.165, 1.54) is 6.92 Å². The lowest BCUT2D eigenvalue weighted by molar-refractivity contribution is -0.387. The summed E-state index contributed by atoms with van der Waals surface area (Å²) in [6.45, 7) is 3.65. The van der Waals surface area contributed by atoms with Gasteiger partial charge >= 0.3 is 5.97 Å². The lowest BCUT2D eigenvalue weighted by Crippen LogP contribution is -2.36. The van der Waals surface area contributed by atoms with Crippen molar-refractivity contribution in [1.29, 1.82) is 0 Å². The number of hydrogen-bond acceptors (Lipinski definition) is 7. The van der Waals surface area contributed by atoms with Crippen molar-refractivity contribution in [3.05, 3.63) is 33.9 Å². The van der Waals surface area contributed by atoms with E-state index in [1.807, 2.05) is 6.92 Å². The summed E-state index contributed by atoms with van der Waals surface area (Å²) in [5.74, 6) is -1.45. The van der Waals surface area contributed by atoms with E-state index in [2.05, 4.69) is 5.32 Å². The summed E-state index contributed by atoms with van der Waals surface area (Å²) in [6.07, 6.45) is 0.455. The number of nitrogens with one attached hydrogen (secondary N) is 1. The van der Waals surface area contributed by atoms with E-state index < -0.39 is 43.3 Å². The molecular weight excluding hydrogens is 340 g/mol. The van der Waals surface area contributed by atoms with Gasteiger partial charge in [-0.3, -0.25) is 14.9 Å². The molecule has 0 bridgehead atoms. The largest absolute Gasteiger partial charge is 0.449 e. The van der Waals surface area contributed by atoms with E-state index in [4.69, 9.17) is 4.74 Å². The zero-order chi connectivity index (χ0) is 18.5. The lowest BCUT2D eigenvalue weighted by Gasteiger charge is -2.13. The molecule has 1 N–H and O–H groups in total. The molecule has 9 nitrogen and oxygen atoms in total. The Morgan fingerprint density at radius 1 is 1.38 bits per heavy atom. The third-order valence-corrected chi connectivity index (χ3v) is 4.14.